The topological polar surface area (TPSA) is 96.7 Å². The molecule has 1 aliphatic heterocycles. The van der Waals surface area contributed by atoms with Crippen LogP contribution in [0.5, 0.6) is 0 Å². The number of amides is 1. The van der Waals surface area contributed by atoms with E-state index in [4.69, 9.17) is 4.42 Å². The number of para-hydroxylation sites is 1. The second kappa shape index (κ2) is 8.87. The monoisotopic (exact) mass is 438 g/mol. The van der Waals surface area contributed by atoms with Crippen molar-refractivity contribution in [3.63, 3.8) is 0 Å². The second-order valence-electron chi connectivity index (χ2n) is 7.33. The van der Waals surface area contributed by atoms with E-state index < -0.39 is 15.9 Å². The molecule has 2 heterocycles. The summed E-state index contributed by atoms with van der Waals surface area (Å²) in [5, 5.41) is 3.10. The summed E-state index contributed by atoms with van der Waals surface area (Å²) in [5.41, 5.74) is 0.974. The molecule has 0 radical (unpaired) electrons. The molecule has 1 amide bonds. The normalized spacial score (nSPS) is 15.4. The molecule has 3 aromatic rings. The van der Waals surface area contributed by atoms with Gasteiger partial charge >= 0.3 is 0 Å². The van der Waals surface area contributed by atoms with E-state index in [0.717, 1.165) is 19.3 Å². The molecule has 2 aromatic carbocycles. The fraction of sp³-hybridized carbons (Fsp3) is 0.217. The minimum absolute atomic E-state index is 0.205. The molecule has 7 nitrogen and oxygen atoms in total. The number of hydrogen-bond acceptors (Lipinski definition) is 5. The van der Waals surface area contributed by atoms with E-state index in [1.54, 1.807) is 36.4 Å². The van der Waals surface area contributed by atoms with Crippen LogP contribution in [0.4, 0.5) is 5.69 Å². The third kappa shape index (κ3) is 4.60. The number of benzene rings is 2. The summed E-state index contributed by atoms with van der Waals surface area (Å²) in [4.78, 5) is 24.9. The lowest BCUT2D eigenvalue weighted by Crippen LogP contribution is -2.35. The van der Waals surface area contributed by atoms with Gasteiger partial charge in [-0.3, -0.25) is 9.59 Å². The molecular formula is C23H22N2O5S. The van der Waals surface area contributed by atoms with Crippen molar-refractivity contribution in [2.45, 2.75) is 24.2 Å². The van der Waals surface area contributed by atoms with Crippen molar-refractivity contribution in [2.75, 3.05) is 18.4 Å². The van der Waals surface area contributed by atoms with Crippen molar-refractivity contribution < 1.29 is 17.6 Å². The molecule has 1 fully saturated rings. The Hall–Kier alpha value is -3.23. The summed E-state index contributed by atoms with van der Waals surface area (Å²) in [6.07, 6.45) is 6.73. The predicted molar refractivity (Wildman–Crippen MR) is 119 cm³/mol. The quantitative estimate of drug-likeness (QED) is 0.614. The van der Waals surface area contributed by atoms with Crippen LogP contribution in [-0.4, -0.2) is 31.7 Å². The molecule has 8 heteroatoms. The van der Waals surface area contributed by atoms with E-state index in [2.05, 4.69) is 5.32 Å². The minimum atomic E-state index is -3.51. The summed E-state index contributed by atoms with van der Waals surface area (Å²) >= 11 is 0. The van der Waals surface area contributed by atoms with Crippen LogP contribution in [-0.2, 0) is 14.8 Å². The highest BCUT2D eigenvalue weighted by Gasteiger charge is 2.25. The molecule has 0 atom stereocenters. The van der Waals surface area contributed by atoms with E-state index in [1.807, 2.05) is 0 Å². The zero-order valence-corrected chi connectivity index (χ0v) is 17.6. The van der Waals surface area contributed by atoms with Crippen molar-refractivity contribution in [1.29, 1.82) is 0 Å². The van der Waals surface area contributed by atoms with Gasteiger partial charge in [-0.1, -0.05) is 18.6 Å². The Kier molecular flexibility index (Phi) is 6.01. The van der Waals surface area contributed by atoms with Crippen LogP contribution in [0, 0.1) is 0 Å². The van der Waals surface area contributed by atoms with Gasteiger partial charge in [0.15, 0.2) is 5.43 Å². The van der Waals surface area contributed by atoms with Gasteiger partial charge in [-0.15, -0.1) is 0 Å². The number of carbonyl (C=O) groups excluding carboxylic acids is 1. The molecule has 0 unspecified atom stereocenters. The number of anilines is 1. The highest BCUT2D eigenvalue weighted by molar-refractivity contribution is 7.89. The van der Waals surface area contributed by atoms with Crippen LogP contribution < -0.4 is 10.7 Å². The fourth-order valence-electron chi connectivity index (χ4n) is 3.52. The Morgan fingerprint density at radius 3 is 2.45 bits per heavy atom. The van der Waals surface area contributed by atoms with Gasteiger partial charge in [0, 0.05) is 24.9 Å². The first-order valence-electron chi connectivity index (χ1n) is 10.0. The van der Waals surface area contributed by atoms with E-state index in [0.29, 0.717) is 29.7 Å². The first kappa shape index (κ1) is 21.0. The van der Waals surface area contributed by atoms with E-state index in [9.17, 15) is 18.0 Å². The summed E-state index contributed by atoms with van der Waals surface area (Å²) in [6.45, 7) is 1.07. The summed E-state index contributed by atoms with van der Waals surface area (Å²) in [7, 11) is -3.51. The average Bonchev–Trinajstić information content (AvgIpc) is 2.80. The molecule has 0 saturated carbocycles. The molecule has 0 aliphatic carbocycles. The van der Waals surface area contributed by atoms with Crippen molar-refractivity contribution in [3.05, 3.63) is 76.7 Å². The molecule has 1 aromatic heterocycles. The van der Waals surface area contributed by atoms with Crippen molar-refractivity contribution >= 4 is 38.7 Å². The molecule has 1 aliphatic rings. The number of fused-ring (bicyclic) bond motifs is 1. The first-order valence-corrected chi connectivity index (χ1v) is 11.5. The average molecular weight is 439 g/mol. The van der Waals surface area contributed by atoms with Gasteiger partial charge in [0.1, 0.15) is 11.8 Å². The lowest BCUT2D eigenvalue weighted by molar-refractivity contribution is -0.111. The van der Waals surface area contributed by atoms with Gasteiger partial charge in [0.2, 0.25) is 15.9 Å². The highest BCUT2D eigenvalue weighted by atomic mass is 32.2. The molecule has 31 heavy (non-hydrogen) atoms. The van der Waals surface area contributed by atoms with E-state index in [-0.39, 0.29) is 15.9 Å². The smallest absolute Gasteiger partial charge is 0.248 e. The summed E-state index contributed by atoms with van der Waals surface area (Å²) in [5.74, 6) is -0.445. The van der Waals surface area contributed by atoms with E-state index >= 15 is 0 Å². The maximum absolute atomic E-state index is 12.7. The number of piperidine rings is 1. The fourth-order valence-corrected chi connectivity index (χ4v) is 5.04. The van der Waals surface area contributed by atoms with Crippen LogP contribution in [0.3, 0.4) is 0 Å². The Labute approximate surface area is 180 Å². The Morgan fingerprint density at radius 2 is 1.71 bits per heavy atom. The van der Waals surface area contributed by atoms with Gasteiger partial charge in [-0.2, -0.15) is 4.31 Å². The van der Waals surface area contributed by atoms with Crippen LogP contribution in [0.15, 0.2) is 75.0 Å². The SMILES string of the molecule is O=C(/C=C/c1coc2ccccc2c1=O)Nc1ccc(S(=O)(=O)N2CCCCC2)cc1. The maximum atomic E-state index is 12.7. The predicted octanol–water partition coefficient (Wildman–Crippen LogP) is 3.62. The van der Waals surface area contributed by atoms with Crippen LogP contribution in [0.25, 0.3) is 17.0 Å². The Morgan fingerprint density at radius 1 is 1.00 bits per heavy atom. The van der Waals surface area contributed by atoms with Crippen molar-refractivity contribution in [3.8, 4) is 0 Å². The number of hydrogen-bond donors (Lipinski definition) is 1. The Balaban J connectivity index is 1.44. The molecule has 4 rings (SSSR count). The Bertz CT molecular complexity index is 1290. The third-order valence-electron chi connectivity index (χ3n) is 5.20. The van der Waals surface area contributed by atoms with Crippen LogP contribution in [0.1, 0.15) is 24.8 Å². The standard InChI is InChI=1S/C23H22N2O5S/c26-22(13-8-17-16-30-21-7-3-2-6-20(21)23(17)27)24-18-9-11-19(12-10-18)31(28,29)25-14-4-1-5-15-25/h2-3,6-13,16H,1,4-5,14-15H2,(H,24,26)/b13-8+. The van der Waals surface area contributed by atoms with Gasteiger partial charge in [-0.25, -0.2) is 8.42 Å². The summed E-state index contributed by atoms with van der Waals surface area (Å²) < 4.78 is 32.3. The molecular weight excluding hydrogens is 416 g/mol. The van der Waals surface area contributed by atoms with Crippen LogP contribution in [0.2, 0.25) is 0 Å². The largest absolute Gasteiger partial charge is 0.463 e. The lowest BCUT2D eigenvalue weighted by Gasteiger charge is -2.25. The molecule has 1 N–H and O–H groups in total. The van der Waals surface area contributed by atoms with E-state index in [1.165, 1.54) is 34.9 Å². The molecule has 160 valence electrons. The van der Waals surface area contributed by atoms with Gasteiger partial charge in [0.25, 0.3) is 0 Å². The van der Waals surface area contributed by atoms with Gasteiger partial charge in [0.05, 0.1) is 15.8 Å². The number of carbonyl (C=O) groups is 1. The van der Waals surface area contributed by atoms with Gasteiger partial charge < -0.3 is 9.73 Å². The summed E-state index contributed by atoms with van der Waals surface area (Å²) in [6, 6.07) is 13.0. The second-order valence-corrected chi connectivity index (χ2v) is 9.27. The minimum Gasteiger partial charge on any atom is -0.463 e. The van der Waals surface area contributed by atoms with Crippen molar-refractivity contribution in [1.82, 2.24) is 4.31 Å². The first-order chi connectivity index (χ1) is 14.9. The molecule has 1 saturated heterocycles. The number of rotatable bonds is 5. The lowest BCUT2D eigenvalue weighted by atomic mass is 10.1. The third-order valence-corrected chi connectivity index (χ3v) is 7.11. The number of nitrogens with zero attached hydrogens (tertiary/aromatic N) is 1. The molecule has 0 spiro atoms. The zero-order valence-electron chi connectivity index (χ0n) is 16.8. The molecule has 0 bridgehead atoms. The zero-order chi connectivity index (χ0) is 21.8. The van der Waals surface area contributed by atoms with Crippen molar-refractivity contribution in [2.24, 2.45) is 0 Å². The number of sulfonamides is 1. The highest BCUT2D eigenvalue weighted by Crippen LogP contribution is 2.22. The maximum Gasteiger partial charge on any atom is 0.248 e. The van der Waals surface area contributed by atoms with Gasteiger partial charge in [-0.05, 0) is 55.3 Å². The number of nitrogens with one attached hydrogen (secondary N) is 1. The van der Waals surface area contributed by atoms with Crippen LogP contribution >= 0.6 is 0 Å².